The average molecular weight is 456 g/mol. The molecule has 0 aliphatic heterocycles. The topological polar surface area (TPSA) is 90.9 Å². The van der Waals surface area contributed by atoms with Crippen LogP contribution in [-0.2, 0) is 23.8 Å². The lowest BCUT2D eigenvalue weighted by Gasteiger charge is -2.18. The van der Waals surface area contributed by atoms with Gasteiger partial charge in [0.15, 0.2) is 0 Å². The van der Waals surface area contributed by atoms with E-state index in [9.17, 15) is 14.4 Å². The molecule has 0 spiro atoms. The van der Waals surface area contributed by atoms with E-state index >= 15 is 0 Å². The molecule has 0 unspecified atom stereocenters. The lowest BCUT2D eigenvalue weighted by Crippen LogP contribution is -2.44. The summed E-state index contributed by atoms with van der Waals surface area (Å²) in [4.78, 5) is 35.9. The van der Waals surface area contributed by atoms with Crippen molar-refractivity contribution in [3.05, 3.63) is 71.1 Å². The van der Waals surface area contributed by atoms with Gasteiger partial charge in [0, 0.05) is 17.7 Å². The van der Waals surface area contributed by atoms with E-state index in [-0.39, 0.29) is 24.9 Å². The second-order valence-corrected chi connectivity index (χ2v) is 7.87. The molecule has 1 aliphatic carbocycles. The molecule has 0 heterocycles. The molecule has 0 saturated carbocycles. The highest BCUT2D eigenvalue weighted by atomic mass is 32.2. The van der Waals surface area contributed by atoms with Gasteiger partial charge in [0.25, 0.3) is 0 Å². The molecule has 1 N–H and O–H groups in total. The first-order valence-electron chi connectivity index (χ1n) is 10.2. The van der Waals surface area contributed by atoms with Gasteiger partial charge >= 0.3 is 18.0 Å². The smallest absolute Gasteiger partial charge is 0.407 e. The maximum atomic E-state index is 12.5. The first-order valence-corrected chi connectivity index (χ1v) is 11.2. The number of rotatable bonds is 9. The van der Waals surface area contributed by atoms with Crippen molar-refractivity contribution >= 4 is 29.8 Å². The fourth-order valence-electron chi connectivity index (χ4n) is 3.52. The summed E-state index contributed by atoms with van der Waals surface area (Å²) in [5.41, 5.74) is 4.48. The molecule has 1 atom stereocenters. The Bertz CT molecular complexity index is 960. The highest BCUT2D eigenvalue weighted by molar-refractivity contribution is 8.02. The maximum absolute atomic E-state index is 12.5. The fraction of sp³-hybridized carbons (Fsp3) is 0.292. The van der Waals surface area contributed by atoms with Gasteiger partial charge in [-0.15, -0.1) is 11.8 Å². The molecule has 0 aromatic heterocycles. The van der Waals surface area contributed by atoms with Crippen LogP contribution in [0.2, 0.25) is 0 Å². The number of methoxy groups -OCH3 is 1. The first kappa shape index (κ1) is 23.4. The fourth-order valence-corrected chi connectivity index (χ4v) is 4.25. The third kappa shape index (κ3) is 5.70. The molecular weight excluding hydrogens is 430 g/mol. The zero-order chi connectivity index (χ0) is 22.9. The van der Waals surface area contributed by atoms with Crippen LogP contribution in [0, 0.1) is 0 Å². The summed E-state index contributed by atoms with van der Waals surface area (Å²) in [5.74, 6) is -0.975. The quantitative estimate of drug-likeness (QED) is 0.349. The van der Waals surface area contributed by atoms with Crippen molar-refractivity contribution in [1.29, 1.82) is 0 Å². The molecule has 1 amide bonds. The van der Waals surface area contributed by atoms with Crippen LogP contribution < -0.4 is 5.32 Å². The maximum Gasteiger partial charge on any atom is 0.407 e. The molecule has 0 bridgehead atoms. The summed E-state index contributed by atoms with van der Waals surface area (Å²) in [6, 6.07) is 15.2. The van der Waals surface area contributed by atoms with Gasteiger partial charge in [0.2, 0.25) is 0 Å². The van der Waals surface area contributed by atoms with Crippen LogP contribution in [-0.4, -0.2) is 50.2 Å². The summed E-state index contributed by atoms with van der Waals surface area (Å²) < 4.78 is 15.1. The number of nitrogens with one attached hydrogen (secondary N) is 1. The Labute approximate surface area is 191 Å². The number of amides is 1. The van der Waals surface area contributed by atoms with Crippen molar-refractivity contribution in [2.45, 2.75) is 18.9 Å². The lowest BCUT2D eigenvalue weighted by molar-refractivity contribution is -0.144. The van der Waals surface area contributed by atoms with Crippen LogP contribution >= 0.6 is 11.8 Å². The number of esters is 2. The summed E-state index contributed by atoms with van der Waals surface area (Å²) in [5, 5.41) is 4.07. The van der Waals surface area contributed by atoms with Crippen molar-refractivity contribution in [2.24, 2.45) is 0 Å². The van der Waals surface area contributed by atoms with Gasteiger partial charge in [0.1, 0.15) is 12.6 Å². The molecule has 168 valence electrons. The third-order valence-electron chi connectivity index (χ3n) is 4.97. The summed E-state index contributed by atoms with van der Waals surface area (Å²) in [7, 11) is 1.28. The zero-order valence-electron chi connectivity index (χ0n) is 17.9. The predicted octanol–water partition coefficient (Wildman–Crippen LogP) is 3.88. The molecule has 2 aromatic rings. The van der Waals surface area contributed by atoms with Crippen molar-refractivity contribution in [2.75, 3.05) is 26.1 Å². The molecule has 0 fully saturated rings. The molecule has 0 radical (unpaired) electrons. The highest BCUT2D eigenvalue weighted by Gasteiger charge is 2.30. The standard InChI is InChI=1S/C24H25NO6S/c1-3-30-23(27)21(15-32-13-12-22(26)29-2)25-24(28)31-14-20-18-10-6-4-8-16(18)17-9-5-7-11-19(17)20/h4-13,20-21H,3,14-15H2,1-2H3,(H,25,28)/b13-12+/t21-/m0/s1. The van der Waals surface area contributed by atoms with E-state index in [1.165, 1.54) is 30.4 Å². The Kier molecular flexibility index (Phi) is 8.33. The minimum absolute atomic E-state index is 0.0773. The molecular formula is C24H25NO6S. The minimum atomic E-state index is -0.919. The van der Waals surface area contributed by atoms with E-state index in [1.54, 1.807) is 6.92 Å². The Hall–Kier alpha value is -3.26. The van der Waals surface area contributed by atoms with Crippen LogP contribution in [0.3, 0.4) is 0 Å². The van der Waals surface area contributed by atoms with Crippen molar-refractivity contribution < 1.29 is 28.6 Å². The van der Waals surface area contributed by atoms with Gasteiger partial charge in [-0.3, -0.25) is 0 Å². The first-order chi connectivity index (χ1) is 15.5. The number of alkyl carbamates (subject to hydrolysis) is 1. The van der Waals surface area contributed by atoms with E-state index in [0.717, 1.165) is 22.3 Å². The van der Waals surface area contributed by atoms with E-state index in [4.69, 9.17) is 9.47 Å². The summed E-state index contributed by atoms with van der Waals surface area (Å²) in [6.45, 7) is 2.02. The van der Waals surface area contributed by atoms with Gasteiger partial charge in [-0.05, 0) is 34.6 Å². The predicted molar refractivity (Wildman–Crippen MR) is 122 cm³/mol. The molecule has 3 rings (SSSR count). The molecule has 32 heavy (non-hydrogen) atoms. The van der Waals surface area contributed by atoms with Crippen molar-refractivity contribution in [3.63, 3.8) is 0 Å². The summed E-state index contributed by atoms with van der Waals surface area (Å²) >= 11 is 1.17. The largest absolute Gasteiger partial charge is 0.466 e. The number of fused-ring (bicyclic) bond motifs is 3. The van der Waals surface area contributed by atoms with E-state index in [2.05, 4.69) is 22.2 Å². The Morgan fingerprint density at radius 3 is 2.25 bits per heavy atom. The molecule has 8 heteroatoms. The second-order valence-electron chi connectivity index (χ2n) is 6.93. The molecule has 7 nitrogen and oxygen atoms in total. The number of hydrogen-bond acceptors (Lipinski definition) is 7. The number of benzene rings is 2. The average Bonchev–Trinajstić information content (AvgIpc) is 3.13. The Morgan fingerprint density at radius 1 is 1.03 bits per heavy atom. The van der Waals surface area contributed by atoms with Gasteiger partial charge < -0.3 is 19.5 Å². The lowest BCUT2D eigenvalue weighted by atomic mass is 9.98. The molecule has 1 aliphatic rings. The minimum Gasteiger partial charge on any atom is -0.466 e. The number of hydrogen-bond donors (Lipinski definition) is 1. The van der Waals surface area contributed by atoms with E-state index in [1.807, 2.05) is 36.4 Å². The van der Waals surface area contributed by atoms with Crippen molar-refractivity contribution in [1.82, 2.24) is 5.32 Å². The monoisotopic (exact) mass is 455 g/mol. The van der Waals surface area contributed by atoms with Gasteiger partial charge in [0.05, 0.1) is 13.7 Å². The number of thioether (sulfide) groups is 1. The molecule has 2 aromatic carbocycles. The zero-order valence-corrected chi connectivity index (χ0v) is 18.7. The Balaban J connectivity index is 1.62. The van der Waals surface area contributed by atoms with Crippen LogP contribution in [0.1, 0.15) is 24.0 Å². The van der Waals surface area contributed by atoms with Crippen LogP contribution in [0.25, 0.3) is 11.1 Å². The van der Waals surface area contributed by atoms with Crippen LogP contribution in [0.15, 0.2) is 60.0 Å². The normalized spacial score (nSPS) is 13.2. The van der Waals surface area contributed by atoms with Crippen LogP contribution in [0.5, 0.6) is 0 Å². The number of carbonyl (C=O) groups is 3. The van der Waals surface area contributed by atoms with Crippen molar-refractivity contribution in [3.8, 4) is 11.1 Å². The third-order valence-corrected chi connectivity index (χ3v) is 5.83. The Morgan fingerprint density at radius 2 is 1.66 bits per heavy atom. The second kappa shape index (κ2) is 11.4. The van der Waals surface area contributed by atoms with E-state index in [0.29, 0.717) is 0 Å². The van der Waals surface area contributed by atoms with Crippen LogP contribution in [0.4, 0.5) is 4.79 Å². The number of carbonyl (C=O) groups excluding carboxylic acids is 3. The van der Waals surface area contributed by atoms with Gasteiger partial charge in [-0.25, -0.2) is 14.4 Å². The SMILES string of the molecule is CCOC(=O)[C@H](CS/C=C/C(=O)OC)NC(=O)OCC1c2ccccc2-c2ccccc21. The van der Waals surface area contributed by atoms with Gasteiger partial charge in [-0.1, -0.05) is 48.5 Å². The highest BCUT2D eigenvalue weighted by Crippen LogP contribution is 2.44. The summed E-state index contributed by atoms with van der Waals surface area (Å²) in [6.07, 6.45) is 0.530. The van der Waals surface area contributed by atoms with E-state index < -0.39 is 24.1 Å². The molecule has 0 saturated heterocycles. The number of ether oxygens (including phenoxy) is 3. The van der Waals surface area contributed by atoms with Gasteiger partial charge in [-0.2, -0.15) is 0 Å².